The molecule has 4 heteroatoms. The number of amides is 1. The Morgan fingerprint density at radius 2 is 1.93 bits per heavy atom. The summed E-state index contributed by atoms with van der Waals surface area (Å²) in [5, 5.41) is 8.90. The lowest BCUT2D eigenvalue weighted by molar-refractivity contribution is -0.133. The van der Waals surface area contributed by atoms with Crippen molar-refractivity contribution in [1.82, 2.24) is 4.90 Å². The summed E-state index contributed by atoms with van der Waals surface area (Å²) in [7, 11) is 0. The summed E-state index contributed by atoms with van der Waals surface area (Å²) in [5.74, 6) is 0.0627. The molecule has 0 radical (unpaired) electrons. The van der Waals surface area contributed by atoms with Crippen LogP contribution in [-0.4, -0.2) is 39.9 Å². The summed E-state index contributed by atoms with van der Waals surface area (Å²) in [5.41, 5.74) is 0. The van der Waals surface area contributed by atoms with Crippen LogP contribution < -0.4 is 0 Å². The molecule has 0 heterocycles. The highest BCUT2D eigenvalue weighted by Gasteiger charge is 2.23. The number of aliphatic hydroxyl groups is 1. The largest absolute Gasteiger partial charge is 0.395 e. The molecule has 14 heavy (non-hydrogen) atoms. The van der Waals surface area contributed by atoms with E-state index < -0.39 is 0 Å². The van der Waals surface area contributed by atoms with Crippen LogP contribution in [0.3, 0.4) is 0 Å². The van der Waals surface area contributed by atoms with Crippen LogP contribution in [0.2, 0.25) is 0 Å². The number of nitrogens with zero attached hydrogens (tertiary/aromatic N) is 1. The lowest BCUT2D eigenvalue weighted by atomic mass is 10.1. The third-order valence-corrected chi connectivity index (χ3v) is 2.74. The molecule has 3 nitrogen and oxygen atoms in total. The van der Waals surface area contributed by atoms with Gasteiger partial charge >= 0.3 is 0 Å². The van der Waals surface area contributed by atoms with Crippen molar-refractivity contribution in [2.75, 3.05) is 13.2 Å². The van der Waals surface area contributed by atoms with Gasteiger partial charge in [-0.25, -0.2) is 0 Å². The molecule has 0 saturated heterocycles. The van der Waals surface area contributed by atoms with Crippen molar-refractivity contribution >= 4 is 21.8 Å². The van der Waals surface area contributed by atoms with E-state index in [0.717, 1.165) is 12.8 Å². The van der Waals surface area contributed by atoms with E-state index in [2.05, 4.69) is 29.8 Å². The molecule has 0 aromatic carbocycles. The van der Waals surface area contributed by atoms with Crippen LogP contribution >= 0.6 is 15.9 Å². The Hall–Kier alpha value is -0.0900. The smallest absolute Gasteiger partial charge is 0.236 e. The molecule has 84 valence electrons. The van der Waals surface area contributed by atoms with Gasteiger partial charge in [0.15, 0.2) is 0 Å². The minimum absolute atomic E-state index is 0.0297. The zero-order valence-electron chi connectivity index (χ0n) is 9.16. The molecule has 0 fully saturated rings. The van der Waals surface area contributed by atoms with Crippen molar-refractivity contribution in [3.8, 4) is 0 Å². The van der Waals surface area contributed by atoms with Crippen molar-refractivity contribution in [2.45, 2.75) is 44.5 Å². The molecule has 1 N–H and O–H groups in total. The Morgan fingerprint density at radius 1 is 1.43 bits per heavy atom. The van der Waals surface area contributed by atoms with Gasteiger partial charge in [-0.05, 0) is 19.8 Å². The van der Waals surface area contributed by atoms with Gasteiger partial charge in [-0.1, -0.05) is 29.8 Å². The van der Waals surface area contributed by atoms with Gasteiger partial charge in [0.05, 0.1) is 11.4 Å². The molecule has 0 aliphatic heterocycles. The van der Waals surface area contributed by atoms with Gasteiger partial charge in [-0.3, -0.25) is 4.79 Å². The number of carbonyl (C=O) groups excluding carboxylic acids is 1. The number of carbonyl (C=O) groups is 1. The second-order valence-electron chi connectivity index (χ2n) is 3.34. The third kappa shape index (κ3) is 3.96. The second kappa shape index (κ2) is 7.23. The predicted molar refractivity (Wildman–Crippen MR) is 61.6 cm³/mol. The number of alkyl halides is 1. The maximum Gasteiger partial charge on any atom is 0.236 e. The van der Waals surface area contributed by atoms with E-state index in [1.807, 2.05) is 6.92 Å². The number of hydrogen-bond acceptors (Lipinski definition) is 2. The van der Waals surface area contributed by atoms with Crippen molar-refractivity contribution < 1.29 is 9.90 Å². The quantitative estimate of drug-likeness (QED) is 0.744. The van der Waals surface area contributed by atoms with Crippen molar-refractivity contribution in [3.05, 3.63) is 0 Å². The molecule has 0 spiro atoms. The summed E-state index contributed by atoms with van der Waals surface area (Å²) < 4.78 is 0. The Bertz CT molecular complexity index is 170. The molecular formula is C10H20BrNO2. The summed E-state index contributed by atoms with van der Waals surface area (Å²) in [6.07, 6.45) is 1.87. The standard InChI is InChI=1S/C10H20BrNO2/c1-4-9(5-2)12(6-7-13)10(14)8(3)11/h8-9,13H,4-7H2,1-3H3. The van der Waals surface area contributed by atoms with E-state index in [9.17, 15) is 4.79 Å². The van der Waals surface area contributed by atoms with Gasteiger partial charge in [0.25, 0.3) is 0 Å². The molecule has 0 aromatic heterocycles. The van der Waals surface area contributed by atoms with Crippen molar-refractivity contribution in [2.24, 2.45) is 0 Å². The first kappa shape index (κ1) is 13.9. The summed E-state index contributed by atoms with van der Waals surface area (Å²) in [4.78, 5) is 13.4. The van der Waals surface area contributed by atoms with Crippen LogP contribution in [0.4, 0.5) is 0 Å². The molecule has 0 aliphatic carbocycles. The van der Waals surface area contributed by atoms with Crippen LogP contribution in [0.25, 0.3) is 0 Å². The SMILES string of the molecule is CCC(CC)N(CCO)C(=O)C(C)Br. The van der Waals surface area contributed by atoms with Gasteiger partial charge in [-0.15, -0.1) is 0 Å². The lowest BCUT2D eigenvalue weighted by Crippen LogP contribution is -2.44. The first-order chi connectivity index (χ1) is 6.58. The number of halogens is 1. The third-order valence-electron chi connectivity index (χ3n) is 2.35. The fourth-order valence-corrected chi connectivity index (χ4v) is 1.80. The van der Waals surface area contributed by atoms with E-state index in [1.165, 1.54) is 0 Å². The fourth-order valence-electron chi connectivity index (χ4n) is 1.54. The van der Waals surface area contributed by atoms with Crippen LogP contribution in [0.15, 0.2) is 0 Å². The molecule has 1 amide bonds. The highest BCUT2D eigenvalue weighted by Crippen LogP contribution is 2.12. The van der Waals surface area contributed by atoms with E-state index in [-0.39, 0.29) is 23.4 Å². The summed E-state index contributed by atoms with van der Waals surface area (Å²) >= 11 is 3.26. The highest BCUT2D eigenvalue weighted by atomic mass is 79.9. The van der Waals surface area contributed by atoms with Crippen molar-refractivity contribution in [3.63, 3.8) is 0 Å². The lowest BCUT2D eigenvalue weighted by Gasteiger charge is -2.31. The Labute approximate surface area is 94.6 Å². The zero-order chi connectivity index (χ0) is 11.1. The summed E-state index contributed by atoms with van der Waals surface area (Å²) in [6.45, 7) is 6.40. The minimum Gasteiger partial charge on any atom is -0.395 e. The van der Waals surface area contributed by atoms with E-state index in [1.54, 1.807) is 4.90 Å². The van der Waals surface area contributed by atoms with Crippen molar-refractivity contribution in [1.29, 1.82) is 0 Å². The maximum atomic E-state index is 11.8. The molecule has 0 aliphatic rings. The average molecular weight is 266 g/mol. The molecular weight excluding hydrogens is 246 g/mol. The first-order valence-corrected chi connectivity index (χ1v) is 6.05. The number of aliphatic hydroxyl groups excluding tert-OH is 1. The van der Waals surface area contributed by atoms with Gasteiger partial charge in [0, 0.05) is 12.6 Å². The highest BCUT2D eigenvalue weighted by molar-refractivity contribution is 9.10. The molecule has 0 rings (SSSR count). The minimum atomic E-state index is -0.172. The van der Waals surface area contributed by atoms with Gasteiger partial charge < -0.3 is 10.0 Å². The normalized spacial score (nSPS) is 13.0. The van der Waals surface area contributed by atoms with E-state index >= 15 is 0 Å². The Morgan fingerprint density at radius 3 is 2.21 bits per heavy atom. The van der Waals surface area contributed by atoms with Crippen LogP contribution in [0.1, 0.15) is 33.6 Å². The Balaban J connectivity index is 4.47. The molecule has 0 bridgehead atoms. The van der Waals surface area contributed by atoms with Crippen LogP contribution in [0.5, 0.6) is 0 Å². The first-order valence-electron chi connectivity index (χ1n) is 5.13. The predicted octanol–water partition coefficient (Wildman–Crippen LogP) is 1.78. The average Bonchev–Trinajstić information content (AvgIpc) is 2.17. The molecule has 0 saturated carbocycles. The van der Waals surface area contributed by atoms with E-state index in [0.29, 0.717) is 6.54 Å². The maximum absolute atomic E-state index is 11.8. The van der Waals surface area contributed by atoms with Gasteiger partial charge in [0.2, 0.25) is 5.91 Å². The Kier molecular flexibility index (Phi) is 7.19. The topological polar surface area (TPSA) is 40.5 Å². The molecule has 1 unspecified atom stereocenters. The molecule has 0 aromatic rings. The van der Waals surface area contributed by atoms with Gasteiger partial charge in [-0.2, -0.15) is 0 Å². The monoisotopic (exact) mass is 265 g/mol. The summed E-state index contributed by atoms with van der Waals surface area (Å²) in [6, 6.07) is 0.245. The number of hydrogen-bond donors (Lipinski definition) is 1. The molecule has 1 atom stereocenters. The van der Waals surface area contributed by atoms with Crippen LogP contribution in [-0.2, 0) is 4.79 Å². The van der Waals surface area contributed by atoms with Gasteiger partial charge in [0.1, 0.15) is 0 Å². The van der Waals surface area contributed by atoms with Crippen LogP contribution in [0, 0.1) is 0 Å². The number of rotatable bonds is 6. The second-order valence-corrected chi connectivity index (χ2v) is 4.72. The fraction of sp³-hybridized carbons (Fsp3) is 0.900. The van der Waals surface area contributed by atoms with E-state index in [4.69, 9.17) is 5.11 Å². The zero-order valence-corrected chi connectivity index (χ0v) is 10.7.